The SMILES string of the molecule is COc1ccc(C(=O)C2C(c3ccc(OC)c(OC)c3)C3(C(=O)OC(C)(C)OC3=O)C3c4ccccc4C=NN23)cc1. The predicted molar refractivity (Wildman–Crippen MR) is 151 cm³/mol. The first-order chi connectivity index (χ1) is 20.2. The maximum atomic E-state index is 14.5. The van der Waals surface area contributed by atoms with Crippen molar-refractivity contribution in [3.8, 4) is 17.2 Å². The zero-order valence-corrected chi connectivity index (χ0v) is 23.8. The number of nitrogens with zero attached hydrogens (tertiary/aromatic N) is 2. The van der Waals surface area contributed by atoms with Gasteiger partial charge in [0.1, 0.15) is 17.8 Å². The smallest absolute Gasteiger partial charge is 0.330 e. The quantitative estimate of drug-likeness (QED) is 0.244. The Morgan fingerprint density at radius 3 is 2.17 bits per heavy atom. The lowest BCUT2D eigenvalue weighted by atomic mass is 9.65. The molecule has 6 rings (SSSR count). The first-order valence-corrected chi connectivity index (χ1v) is 13.4. The molecule has 3 aromatic rings. The molecule has 3 unspecified atom stereocenters. The fourth-order valence-electron chi connectivity index (χ4n) is 6.36. The third-order valence-electron chi connectivity index (χ3n) is 8.17. The lowest BCUT2D eigenvalue weighted by Gasteiger charge is -2.44. The molecule has 0 N–H and O–H groups in total. The Labute approximate surface area is 242 Å². The molecule has 2 saturated heterocycles. The molecule has 0 aromatic heterocycles. The predicted octanol–water partition coefficient (Wildman–Crippen LogP) is 4.27. The molecular formula is C32H30N2O8. The van der Waals surface area contributed by atoms with Crippen LogP contribution in [0.5, 0.6) is 17.2 Å². The van der Waals surface area contributed by atoms with Crippen LogP contribution in [0.15, 0.2) is 71.8 Å². The van der Waals surface area contributed by atoms with Crippen LogP contribution in [0.25, 0.3) is 0 Å². The number of hydrazone groups is 1. The highest BCUT2D eigenvalue weighted by atomic mass is 16.7. The van der Waals surface area contributed by atoms with E-state index in [0.717, 1.165) is 0 Å². The molecule has 10 heteroatoms. The summed E-state index contributed by atoms with van der Waals surface area (Å²) in [4.78, 5) is 43.3. The van der Waals surface area contributed by atoms with Gasteiger partial charge in [0.15, 0.2) is 17.3 Å². The van der Waals surface area contributed by atoms with Gasteiger partial charge in [-0.1, -0.05) is 30.3 Å². The van der Waals surface area contributed by atoms with Crippen molar-refractivity contribution in [3.63, 3.8) is 0 Å². The molecule has 3 aliphatic heterocycles. The number of benzene rings is 3. The average molecular weight is 571 g/mol. The maximum absolute atomic E-state index is 14.5. The first-order valence-electron chi connectivity index (χ1n) is 13.4. The van der Waals surface area contributed by atoms with Gasteiger partial charge in [-0.25, -0.2) is 0 Å². The molecule has 216 valence electrons. The molecule has 3 heterocycles. The second-order valence-corrected chi connectivity index (χ2v) is 10.8. The molecule has 0 bridgehead atoms. The maximum Gasteiger partial charge on any atom is 0.330 e. The Balaban J connectivity index is 1.65. The van der Waals surface area contributed by atoms with Crippen molar-refractivity contribution in [1.29, 1.82) is 0 Å². The minimum absolute atomic E-state index is 0.346. The van der Waals surface area contributed by atoms with E-state index >= 15 is 0 Å². The zero-order chi connectivity index (χ0) is 29.8. The summed E-state index contributed by atoms with van der Waals surface area (Å²) in [7, 11) is 4.53. The number of hydrogen-bond acceptors (Lipinski definition) is 10. The van der Waals surface area contributed by atoms with E-state index in [1.165, 1.54) is 35.2 Å². The van der Waals surface area contributed by atoms with Crippen LogP contribution >= 0.6 is 0 Å². The number of carbonyl (C=O) groups is 3. The van der Waals surface area contributed by atoms with Crippen molar-refractivity contribution in [2.24, 2.45) is 10.5 Å². The molecular weight excluding hydrogens is 540 g/mol. The number of hydrogen-bond donors (Lipinski definition) is 0. The molecule has 1 spiro atoms. The van der Waals surface area contributed by atoms with Crippen molar-refractivity contribution in [2.75, 3.05) is 21.3 Å². The van der Waals surface area contributed by atoms with Crippen molar-refractivity contribution in [2.45, 2.75) is 37.6 Å². The van der Waals surface area contributed by atoms with Crippen molar-refractivity contribution >= 4 is 23.9 Å². The van der Waals surface area contributed by atoms with Crippen LogP contribution in [0.4, 0.5) is 0 Å². The largest absolute Gasteiger partial charge is 0.497 e. The Morgan fingerprint density at radius 2 is 1.52 bits per heavy atom. The fourth-order valence-corrected chi connectivity index (χ4v) is 6.36. The number of ketones is 1. The summed E-state index contributed by atoms with van der Waals surface area (Å²) in [6.07, 6.45) is 1.63. The van der Waals surface area contributed by atoms with Gasteiger partial charge in [-0.15, -0.1) is 0 Å². The number of rotatable bonds is 6. The summed E-state index contributed by atoms with van der Waals surface area (Å²) in [5.41, 5.74) is 0.212. The molecule has 3 aromatic carbocycles. The van der Waals surface area contributed by atoms with E-state index in [0.29, 0.717) is 39.5 Å². The molecule has 3 atom stereocenters. The second kappa shape index (κ2) is 9.90. The van der Waals surface area contributed by atoms with Crippen LogP contribution in [-0.2, 0) is 19.1 Å². The third kappa shape index (κ3) is 3.93. The molecule has 0 saturated carbocycles. The fraction of sp³-hybridized carbons (Fsp3) is 0.312. The molecule has 0 amide bonds. The van der Waals surface area contributed by atoms with Crippen LogP contribution in [-0.4, -0.2) is 62.1 Å². The van der Waals surface area contributed by atoms with Gasteiger partial charge in [0.25, 0.3) is 5.79 Å². The Kier molecular flexibility index (Phi) is 6.44. The molecule has 10 nitrogen and oxygen atoms in total. The monoisotopic (exact) mass is 570 g/mol. The van der Waals surface area contributed by atoms with Crippen LogP contribution in [0.2, 0.25) is 0 Å². The summed E-state index contributed by atoms with van der Waals surface area (Å²) in [6, 6.07) is 17.0. The molecule has 2 fully saturated rings. The Morgan fingerprint density at radius 1 is 0.857 bits per heavy atom. The van der Waals surface area contributed by atoms with Gasteiger partial charge >= 0.3 is 11.9 Å². The van der Waals surface area contributed by atoms with Gasteiger partial charge in [0.2, 0.25) is 5.41 Å². The third-order valence-corrected chi connectivity index (χ3v) is 8.17. The number of carbonyl (C=O) groups excluding carboxylic acids is 3. The van der Waals surface area contributed by atoms with Crippen LogP contribution in [0.3, 0.4) is 0 Å². The molecule has 0 aliphatic carbocycles. The summed E-state index contributed by atoms with van der Waals surface area (Å²) >= 11 is 0. The number of cyclic esters (lactones) is 2. The van der Waals surface area contributed by atoms with Gasteiger partial charge in [0.05, 0.1) is 27.5 Å². The van der Waals surface area contributed by atoms with E-state index in [-0.39, 0.29) is 5.78 Å². The van der Waals surface area contributed by atoms with Crippen molar-refractivity contribution in [3.05, 3.63) is 89.0 Å². The zero-order valence-electron chi connectivity index (χ0n) is 23.8. The number of Topliss-reactive ketones (excluding diaryl/α,β-unsaturated/α-hetero) is 1. The van der Waals surface area contributed by atoms with E-state index in [9.17, 15) is 14.4 Å². The Hall–Kier alpha value is -4.86. The normalized spacial score (nSPS) is 23.0. The van der Waals surface area contributed by atoms with Gasteiger partial charge in [-0.3, -0.25) is 19.4 Å². The average Bonchev–Trinajstić information content (AvgIpc) is 3.31. The first kappa shape index (κ1) is 27.3. The van der Waals surface area contributed by atoms with Crippen molar-refractivity contribution < 1.29 is 38.1 Å². The van der Waals surface area contributed by atoms with Crippen LogP contribution in [0.1, 0.15) is 52.9 Å². The Bertz CT molecular complexity index is 1590. The van der Waals surface area contributed by atoms with Gasteiger partial charge in [-0.05, 0) is 53.1 Å². The second-order valence-electron chi connectivity index (χ2n) is 10.8. The highest BCUT2D eigenvalue weighted by Crippen LogP contribution is 2.63. The summed E-state index contributed by atoms with van der Waals surface area (Å²) in [5.74, 6) is -3.13. The number of esters is 2. The standard InChI is InChI=1S/C32H30N2O8/c1-31(2)41-29(36)32(30(37)42-31)25(19-12-15-23(39-4)24(16-19)40-5)26(27(35)18-10-13-21(38-3)14-11-18)34-28(32)22-9-7-6-8-20(22)17-33-34/h6-17,25-26,28H,1-5H3. The summed E-state index contributed by atoms with van der Waals surface area (Å²) in [5, 5.41) is 6.25. The molecule has 3 aliphatic rings. The summed E-state index contributed by atoms with van der Waals surface area (Å²) in [6.45, 7) is 3.00. The van der Waals surface area contributed by atoms with Crippen molar-refractivity contribution in [1.82, 2.24) is 5.01 Å². The minimum Gasteiger partial charge on any atom is -0.497 e. The van der Waals surface area contributed by atoms with E-state index < -0.39 is 41.1 Å². The van der Waals surface area contributed by atoms with E-state index in [1.54, 1.807) is 53.7 Å². The molecule has 42 heavy (non-hydrogen) atoms. The highest BCUT2D eigenvalue weighted by molar-refractivity contribution is 6.09. The lowest BCUT2D eigenvalue weighted by molar-refractivity contribution is -0.254. The summed E-state index contributed by atoms with van der Waals surface area (Å²) < 4.78 is 27.9. The number of ether oxygens (including phenoxy) is 5. The van der Waals surface area contributed by atoms with E-state index in [1.807, 2.05) is 24.3 Å². The number of fused-ring (bicyclic) bond motifs is 4. The van der Waals surface area contributed by atoms with Crippen LogP contribution < -0.4 is 14.2 Å². The van der Waals surface area contributed by atoms with Gasteiger partial charge in [0, 0.05) is 25.3 Å². The van der Waals surface area contributed by atoms with Crippen LogP contribution in [0, 0.1) is 5.41 Å². The minimum atomic E-state index is -1.99. The topological polar surface area (TPSA) is 113 Å². The number of methoxy groups -OCH3 is 3. The highest BCUT2D eigenvalue weighted by Gasteiger charge is 2.75. The van der Waals surface area contributed by atoms with E-state index in [4.69, 9.17) is 28.8 Å². The van der Waals surface area contributed by atoms with Gasteiger partial charge < -0.3 is 23.7 Å². The molecule has 0 radical (unpaired) electrons. The van der Waals surface area contributed by atoms with Gasteiger partial charge in [-0.2, -0.15) is 5.10 Å². The lowest BCUT2D eigenvalue weighted by Crippen LogP contribution is -2.58. The van der Waals surface area contributed by atoms with E-state index in [2.05, 4.69) is 0 Å².